The quantitative estimate of drug-likeness (QED) is 0.599. The third-order valence-electron chi connectivity index (χ3n) is 4.35. The number of carbonyl (C=O) groups is 1. The monoisotopic (exact) mass is 355 g/mol. The second-order valence-corrected chi connectivity index (χ2v) is 6.31. The van der Waals surface area contributed by atoms with Gasteiger partial charge in [-0.15, -0.1) is 6.58 Å². The Bertz CT molecular complexity index is 933. The van der Waals surface area contributed by atoms with E-state index in [0.29, 0.717) is 25.1 Å². The molecule has 3 rings (SSSR count). The summed E-state index contributed by atoms with van der Waals surface area (Å²) in [5, 5.41) is 8.90. The summed E-state index contributed by atoms with van der Waals surface area (Å²) in [5.74, 6) is 0.0490. The summed E-state index contributed by atoms with van der Waals surface area (Å²) < 4.78 is 2.03. The highest BCUT2D eigenvalue weighted by Gasteiger charge is 2.13. The maximum absolute atomic E-state index is 12.8. The van der Waals surface area contributed by atoms with Crippen molar-refractivity contribution in [2.45, 2.75) is 13.0 Å². The second kappa shape index (κ2) is 8.68. The van der Waals surface area contributed by atoms with Crippen LogP contribution in [0.15, 0.2) is 85.7 Å². The molecule has 0 aliphatic rings. The molecule has 0 bridgehead atoms. The first-order chi connectivity index (χ1) is 13.2. The zero-order valence-electron chi connectivity index (χ0n) is 15.1. The van der Waals surface area contributed by atoms with Gasteiger partial charge in [0, 0.05) is 31.2 Å². The number of rotatable bonds is 7. The van der Waals surface area contributed by atoms with Crippen molar-refractivity contribution in [1.82, 2.24) is 9.47 Å². The Labute approximate surface area is 159 Å². The Hall–Kier alpha value is -3.58. The molecular weight excluding hydrogens is 334 g/mol. The third kappa shape index (κ3) is 4.74. The van der Waals surface area contributed by atoms with Crippen molar-refractivity contribution in [3.63, 3.8) is 0 Å². The van der Waals surface area contributed by atoms with E-state index >= 15 is 0 Å². The van der Waals surface area contributed by atoms with E-state index in [0.717, 1.165) is 16.8 Å². The summed E-state index contributed by atoms with van der Waals surface area (Å²) in [6.45, 7) is 4.74. The summed E-state index contributed by atoms with van der Waals surface area (Å²) in [7, 11) is 0. The van der Waals surface area contributed by atoms with Gasteiger partial charge in [0.25, 0.3) is 0 Å². The SMILES string of the molecule is C=CCN(Cc1ccc(C#N)cc1)C(=O)Cc1ccc(-n2cccc2)cc1. The zero-order valence-corrected chi connectivity index (χ0v) is 15.1. The Morgan fingerprint density at radius 3 is 2.26 bits per heavy atom. The van der Waals surface area contributed by atoms with Crippen LogP contribution >= 0.6 is 0 Å². The van der Waals surface area contributed by atoms with Crippen LogP contribution in [0.25, 0.3) is 5.69 Å². The lowest BCUT2D eigenvalue weighted by atomic mass is 10.1. The van der Waals surface area contributed by atoms with E-state index in [1.54, 1.807) is 23.1 Å². The maximum Gasteiger partial charge on any atom is 0.227 e. The van der Waals surface area contributed by atoms with Crippen molar-refractivity contribution in [2.24, 2.45) is 0 Å². The fraction of sp³-hybridized carbons (Fsp3) is 0.130. The number of benzene rings is 2. The molecule has 0 fully saturated rings. The number of nitrogens with zero attached hydrogens (tertiary/aromatic N) is 3. The molecule has 2 aromatic carbocycles. The van der Waals surface area contributed by atoms with Gasteiger partial charge >= 0.3 is 0 Å². The van der Waals surface area contributed by atoms with Gasteiger partial charge in [0.05, 0.1) is 18.1 Å². The molecule has 1 amide bonds. The van der Waals surface area contributed by atoms with Crippen LogP contribution in [0.2, 0.25) is 0 Å². The predicted molar refractivity (Wildman–Crippen MR) is 106 cm³/mol. The molecule has 27 heavy (non-hydrogen) atoms. The van der Waals surface area contributed by atoms with Crippen molar-refractivity contribution in [3.8, 4) is 11.8 Å². The lowest BCUT2D eigenvalue weighted by Crippen LogP contribution is -2.32. The summed E-state index contributed by atoms with van der Waals surface area (Å²) in [6.07, 6.45) is 6.06. The molecule has 0 atom stereocenters. The van der Waals surface area contributed by atoms with E-state index in [-0.39, 0.29) is 5.91 Å². The lowest BCUT2D eigenvalue weighted by molar-refractivity contribution is -0.130. The largest absolute Gasteiger partial charge is 0.334 e. The van der Waals surface area contributed by atoms with Crippen LogP contribution in [0.5, 0.6) is 0 Å². The van der Waals surface area contributed by atoms with E-state index < -0.39 is 0 Å². The number of carbonyl (C=O) groups excluding carboxylic acids is 1. The van der Waals surface area contributed by atoms with E-state index in [2.05, 4.69) is 12.6 Å². The molecular formula is C23H21N3O. The van der Waals surface area contributed by atoms with Crippen molar-refractivity contribution in [1.29, 1.82) is 5.26 Å². The minimum Gasteiger partial charge on any atom is -0.334 e. The average Bonchev–Trinajstić information content (AvgIpc) is 3.23. The minimum atomic E-state index is 0.0490. The molecule has 0 spiro atoms. The van der Waals surface area contributed by atoms with Crippen LogP contribution in [0.3, 0.4) is 0 Å². The summed E-state index contributed by atoms with van der Waals surface area (Å²) in [4.78, 5) is 14.5. The van der Waals surface area contributed by atoms with Gasteiger partial charge in [-0.25, -0.2) is 0 Å². The standard InChI is InChI=1S/C23H21N3O/c1-2-13-26(18-21-7-5-20(17-24)6-8-21)23(27)16-19-9-11-22(12-10-19)25-14-3-4-15-25/h2-12,14-15H,1,13,16,18H2. The molecule has 1 aromatic heterocycles. The van der Waals surface area contributed by atoms with Gasteiger partial charge in [0.15, 0.2) is 0 Å². The maximum atomic E-state index is 12.8. The molecule has 0 saturated heterocycles. The van der Waals surface area contributed by atoms with Crippen molar-refractivity contribution >= 4 is 5.91 Å². The summed E-state index contributed by atoms with van der Waals surface area (Å²) in [5.41, 5.74) is 3.65. The Morgan fingerprint density at radius 2 is 1.67 bits per heavy atom. The van der Waals surface area contributed by atoms with E-state index in [9.17, 15) is 4.79 Å². The zero-order chi connectivity index (χ0) is 19.1. The number of hydrogen-bond donors (Lipinski definition) is 0. The van der Waals surface area contributed by atoms with Crippen LogP contribution < -0.4 is 0 Å². The number of hydrogen-bond acceptors (Lipinski definition) is 2. The summed E-state index contributed by atoms with van der Waals surface area (Å²) in [6, 6.07) is 21.4. The number of aromatic nitrogens is 1. The number of nitriles is 1. The predicted octanol–water partition coefficient (Wildman–Crippen LogP) is 4.11. The van der Waals surface area contributed by atoms with E-state index in [1.807, 2.05) is 65.5 Å². The topological polar surface area (TPSA) is 49.0 Å². The molecule has 0 aliphatic heterocycles. The molecule has 4 heteroatoms. The molecule has 3 aromatic rings. The fourth-order valence-corrected chi connectivity index (χ4v) is 2.89. The fourth-order valence-electron chi connectivity index (χ4n) is 2.89. The van der Waals surface area contributed by atoms with E-state index in [4.69, 9.17) is 5.26 Å². The molecule has 0 aliphatic carbocycles. The first kappa shape index (κ1) is 18.2. The Kier molecular flexibility index (Phi) is 5.86. The van der Waals surface area contributed by atoms with Gasteiger partial charge in [-0.3, -0.25) is 4.79 Å². The number of amides is 1. The van der Waals surface area contributed by atoms with Crippen molar-refractivity contribution in [3.05, 3.63) is 102 Å². The van der Waals surface area contributed by atoms with E-state index in [1.165, 1.54) is 0 Å². The van der Waals surface area contributed by atoms with Crippen LogP contribution in [0.1, 0.15) is 16.7 Å². The first-order valence-corrected chi connectivity index (χ1v) is 8.79. The second-order valence-electron chi connectivity index (χ2n) is 6.31. The minimum absolute atomic E-state index is 0.0490. The highest BCUT2D eigenvalue weighted by atomic mass is 16.2. The average molecular weight is 355 g/mol. The molecule has 4 nitrogen and oxygen atoms in total. The molecule has 134 valence electrons. The van der Waals surface area contributed by atoms with Gasteiger partial charge in [0.1, 0.15) is 0 Å². The molecule has 0 saturated carbocycles. The Balaban J connectivity index is 1.67. The van der Waals surface area contributed by atoms with Gasteiger partial charge < -0.3 is 9.47 Å². The highest BCUT2D eigenvalue weighted by molar-refractivity contribution is 5.79. The van der Waals surface area contributed by atoms with Crippen LogP contribution in [0.4, 0.5) is 0 Å². The lowest BCUT2D eigenvalue weighted by Gasteiger charge is -2.21. The Morgan fingerprint density at radius 1 is 1.04 bits per heavy atom. The molecule has 1 heterocycles. The van der Waals surface area contributed by atoms with Crippen LogP contribution in [-0.2, 0) is 17.8 Å². The van der Waals surface area contributed by atoms with Crippen molar-refractivity contribution in [2.75, 3.05) is 6.54 Å². The normalized spacial score (nSPS) is 10.2. The highest BCUT2D eigenvalue weighted by Crippen LogP contribution is 2.13. The van der Waals surface area contributed by atoms with Crippen LogP contribution in [0, 0.1) is 11.3 Å². The van der Waals surface area contributed by atoms with Gasteiger partial charge in [0.2, 0.25) is 5.91 Å². The van der Waals surface area contributed by atoms with Gasteiger partial charge in [-0.1, -0.05) is 30.3 Å². The van der Waals surface area contributed by atoms with Crippen molar-refractivity contribution < 1.29 is 4.79 Å². The van der Waals surface area contributed by atoms with Gasteiger partial charge in [-0.2, -0.15) is 5.26 Å². The molecule has 0 radical (unpaired) electrons. The third-order valence-corrected chi connectivity index (χ3v) is 4.35. The summed E-state index contributed by atoms with van der Waals surface area (Å²) >= 11 is 0. The molecule has 0 N–H and O–H groups in total. The van der Waals surface area contributed by atoms with Crippen LogP contribution in [-0.4, -0.2) is 21.9 Å². The first-order valence-electron chi connectivity index (χ1n) is 8.79. The smallest absolute Gasteiger partial charge is 0.227 e. The van der Waals surface area contributed by atoms with Gasteiger partial charge in [-0.05, 0) is 47.5 Å². The molecule has 0 unspecified atom stereocenters.